The van der Waals surface area contributed by atoms with Crippen LogP contribution in [0.4, 0.5) is 0 Å². The molecule has 0 aliphatic carbocycles. The molecule has 1 nitrogen and oxygen atoms in total. The van der Waals surface area contributed by atoms with Crippen LogP contribution in [0.3, 0.4) is 0 Å². The van der Waals surface area contributed by atoms with Crippen LogP contribution in [0, 0.1) is 5.92 Å². The van der Waals surface area contributed by atoms with E-state index < -0.39 is 0 Å². The molecule has 0 amide bonds. The third-order valence-electron chi connectivity index (χ3n) is 2.98. The number of hydrogen-bond acceptors (Lipinski definition) is 0. The third-order valence-corrected chi connectivity index (χ3v) is 2.98. The van der Waals surface area contributed by atoms with Crippen LogP contribution in [0.15, 0.2) is 60.9 Å². The number of benzene rings is 1. The smallest absolute Gasteiger partial charge is 0.183 e. The SMILES string of the molecule is CC(C)CC(c1ccccc1)[n+]1ccccc1. The van der Waals surface area contributed by atoms with Crippen molar-refractivity contribution >= 4 is 0 Å². The van der Waals surface area contributed by atoms with E-state index in [1.807, 2.05) is 0 Å². The van der Waals surface area contributed by atoms with E-state index in [1.165, 1.54) is 12.0 Å². The Morgan fingerprint density at radius 3 is 2.06 bits per heavy atom. The van der Waals surface area contributed by atoms with E-state index >= 15 is 0 Å². The number of nitrogens with zero attached hydrogens (tertiary/aromatic N) is 1. The minimum Gasteiger partial charge on any atom is -0.198 e. The quantitative estimate of drug-likeness (QED) is 0.701. The highest BCUT2D eigenvalue weighted by Gasteiger charge is 2.21. The summed E-state index contributed by atoms with van der Waals surface area (Å²) in [5.74, 6) is 0.688. The van der Waals surface area contributed by atoms with Gasteiger partial charge < -0.3 is 0 Å². The molecule has 0 spiro atoms. The lowest BCUT2D eigenvalue weighted by atomic mass is 9.97. The van der Waals surface area contributed by atoms with Crippen molar-refractivity contribution in [2.75, 3.05) is 0 Å². The van der Waals surface area contributed by atoms with Crippen molar-refractivity contribution < 1.29 is 4.57 Å². The molecule has 0 fully saturated rings. The molecule has 1 aromatic carbocycles. The van der Waals surface area contributed by atoms with E-state index in [-0.39, 0.29) is 0 Å². The highest BCUT2D eigenvalue weighted by atomic mass is 15.0. The molecule has 2 rings (SSSR count). The molecule has 0 aliphatic heterocycles. The Hall–Kier alpha value is -1.63. The van der Waals surface area contributed by atoms with Gasteiger partial charge in [-0.15, -0.1) is 0 Å². The average molecular weight is 226 g/mol. The summed E-state index contributed by atoms with van der Waals surface area (Å²) in [6.45, 7) is 4.55. The van der Waals surface area contributed by atoms with Crippen LogP contribution in [0.1, 0.15) is 31.9 Å². The van der Waals surface area contributed by atoms with Crippen LogP contribution in [0.2, 0.25) is 0 Å². The Labute approximate surface area is 104 Å². The lowest BCUT2D eigenvalue weighted by Crippen LogP contribution is -2.39. The fraction of sp³-hybridized carbons (Fsp3) is 0.312. The molecule has 2 aromatic rings. The van der Waals surface area contributed by atoms with E-state index in [0.29, 0.717) is 12.0 Å². The van der Waals surface area contributed by atoms with E-state index in [9.17, 15) is 0 Å². The van der Waals surface area contributed by atoms with Gasteiger partial charge in [0.15, 0.2) is 18.4 Å². The number of rotatable bonds is 4. The van der Waals surface area contributed by atoms with Gasteiger partial charge in [0.2, 0.25) is 0 Å². The molecule has 1 unspecified atom stereocenters. The maximum Gasteiger partial charge on any atom is 0.183 e. The van der Waals surface area contributed by atoms with Gasteiger partial charge in [0.1, 0.15) is 0 Å². The fourth-order valence-electron chi connectivity index (χ4n) is 2.17. The van der Waals surface area contributed by atoms with Gasteiger partial charge in [-0.3, -0.25) is 0 Å². The molecular formula is C16H20N+. The van der Waals surface area contributed by atoms with E-state index in [4.69, 9.17) is 0 Å². The van der Waals surface area contributed by atoms with Gasteiger partial charge in [0.05, 0.1) is 0 Å². The molecular weight excluding hydrogens is 206 g/mol. The molecule has 17 heavy (non-hydrogen) atoms. The van der Waals surface area contributed by atoms with Crippen molar-refractivity contribution in [1.29, 1.82) is 0 Å². The van der Waals surface area contributed by atoms with Gasteiger partial charge in [0.25, 0.3) is 0 Å². The monoisotopic (exact) mass is 226 g/mol. The van der Waals surface area contributed by atoms with Crippen LogP contribution in [0.25, 0.3) is 0 Å². The summed E-state index contributed by atoms with van der Waals surface area (Å²) in [4.78, 5) is 0. The molecule has 1 heterocycles. The largest absolute Gasteiger partial charge is 0.198 e. The first-order valence-electron chi connectivity index (χ1n) is 6.28. The van der Waals surface area contributed by atoms with Crippen molar-refractivity contribution in [2.24, 2.45) is 5.92 Å². The molecule has 1 heteroatoms. The highest BCUT2D eigenvalue weighted by molar-refractivity contribution is 5.17. The minimum absolute atomic E-state index is 0.442. The zero-order valence-electron chi connectivity index (χ0n) is 10.6. The number of aromatic nitrogens is 1. The first kappa shape index (κ1) is 11.8. The molecule has 0 aliphatic rings. The number of pyridine rings is 1. The van der Waals surface area contributed by atoms with E-state index in [2.05, 4.69) is 79.3 Å². The average Bonchev–Trinajstić information content (AvgIpc) is 2.38. The Morgan fingerprint density at radius 1 is 0.882 bits per heavy atom. The molecule has 1 atom stereocenters. The summed E-state index contributed by atoms with van der Waals surface area (Å²) >= 11 is 0. The maximum absolute atomic E-state index is 2.30. The fourth-order valence-corrected chi connectivity index (χ4v) is 2.17. The molecule has 0 N–H and O–H groups in total. The van der Waals surface area contributed by atoms with Crippen molar-refractivity contribution in [1.82, 2.24) is 0 Å². The lowest BCUT2D eigenvalue weighted by molar-refractivity contribution is -0.715. The highest BCUT2D eigenvalue weighted by Crippen LogP contribution is 2.20. The molecule has 1 aromatic heterocycles. The van der Waals surface area contributed by atoms with Gasteiger partial charge in [0, 0.05) is 24.1 Å². The Balaban J connectivity index is 2.32. The summed E-state index contributed by atoms with van der Waals surface area (Å²) in [5.41, 5.74) is 1.39. The molecule has 88 valence electrons. The van der Waals surface area contributed by atoms with Gasteiger partial charge in [-0.2, -0.15) is 4.57 Å². The van der Waals surface area contributed by atoms with Gasteiger partial charge >= 0.3 is 0 Å². The maximum atomic E-state index is 2.30. The Morgan fingerprint density at radius 2 is 1.47 bits per heavy atom. The van der Waals surface area contributed by atoms with Crippen LogP contribution in [0.5, 0.6) is 0 Å². The molecule has 0 radical (unpaired) electrons. The third kappa shape index (κ3) is 3.16. The lowest BCUT2D eigenvalue weighted by Gasteiger charge is -2.14. The predicted molar refractivity (Wildman–Crippen MR) is 70.7 cm³/mol. The molecule has 0 bridgehead atoms. The first-order chi connectivity index (χ1) is 8.27. The molecule has 0 saturated carbocycles. The van der Waals surface area contributed by atoms with Crippen molar-refractivity contribution in [3.05, 3.63) is 66.5 Å². The number of hydrogen-bond donors (Lipinski definition) is 0. The van der Waals surface area contributed by atoms with Crippen LogP contribution in [-0.2, 0) is 0 Å². The van der Waals surface area contributed by atoms with E-state index in [0.717, 1.165) is 0 Å². The van der Waals surface area contributed by atoms with Crippen LogP contribution in [-0.4, -0.2) is 0 Å². The van der Waals surface area contributed by atoms with Gasteiger partial charge in [-0.25, -0.2) is 0 Å². The Bertz CT molecular complexity index is 394. The van der Waals surface area contributed by atoms with Crippen LogP contribution < -0.4 is 4.57 Å². The summed E-state index contributed by atoms with van der Waals surface area (Å²) in [5, 5.41) is 0. The Kier molecular flexibility index (Phi) is 3.92. The topological polar surface area (TPSA) is 3.88 Å². The molecule has 0 saturated heterocycles. The summed E-state index contributed by atoms with van der Waals surface area (Å²) in [7, 11) is 0. The summed E-state index contributed by atoms with van der Waals surface area (Å²) < 4.78 is 2.30. The van der Waals surface area contributed by atoms with Gasteiger partial charge in [-0.1, -0.05) is 50.2 Å². The van der Waals surface area contributed by atoms with Gasteiger partial charge in [-0.05, 0) is 5.92 Å². The second-order valence-corrected chi connectivity index (χ2v) is 4.88. The second kappa shape index (κ2) is 5.62. The first-order valence-corrected chi connectivity index (χ1v) is 6.28. The van der Waals surface area contributed by atoms with Crippen LogP contribution >= 0.6 is 0 Å². The van der Waals surface area contributed by atoms with E-state index in [1.54, 1.807) is 0 Å². The zero-order chi connectivity index (χ0) is 12.1. The normalized spacial score (nSPS) is 12.6. The zero-order valence-corrected chi connectivity index (χ0v) is 10.6. The summed E-state index contributed by atoms with van der Waals surface area (Å²) in [6.07, 6.45) is 5.47. The van der Waals surface area contributed by atoms with Crippen molar-refractivity contribution in [3.63, 3.8) is 0 Å². The van der Waals surface area contributed by atoms with Crippen molar-refractivity contribution in [3.8, 4) is 0 Å². The standard InChI is InChI=1S/C16H20N/c1-14(2)13-16(15-9-5-3-6-10-15)17-11-7-4-8-12-17/h3-12,14,16H,13H2,1-2H3/q+1. The predicted octanol–water partition coefficient (Wildman–Crippen LogP) is 3.61. The minimum atomic E-state index is 0.442. The van der Waals surface area contributed by atoms with Crippen molar-refractivity contribution in [2.45, 2.75) is 26.3 Å². The second-order valence-electron chi connectivity index (χ2n) is 4.88. The summed E-state index contributed by atoms with van der Waals surface area (Å²) in [6, 6.07) is 17.4.